The van der Waals surface area contributed by atoms with E-state index in [1.807, 2.05) is 18.7 Å². The Morgan fingerprint density at radius 2 is 1.95 bits per heavy atom. The van der Waals surface area contributed by atoms with Gasteiger partial charge in [-0.25, -0.2) is 13.6 Å². The smallest absolute Gasteiger partial charge is 0.354 e. The van der Waals surface area contributed by atoms with Gasteiger partial charge >= 0.3 is 5.69 Å². The Kier molecular flexibility index (Phi) is 6.67. The number of carbonyl (C=O) groups excluding carboxylic acids is 1. The second-order valence-electron chi connectivity index (χ2n) is 10.9. The minimum Gasteiger partial charge on any atom is -0.507 e. The van der Waals surface area contributed by atoms with Gasteiger partial charge in [-0.1, -0.05) is 38.6 Å². The normalized spacial score (nSPS) is 16.3. The number of aryl methyl sites for hydroxylation is 1. The zero-order chi connectivity index (χ0) is 29.9. The number of nitrogens with zero attached hydrogens (tertiary/aromatic N) is 5. The molecule has 0 spiro atoms. The summed E-state index contributed by atoms with van der Waals surface area (Å²) in [5, 5.41) is 13.9. The average molecular weight is 573 g/mol. The van der Waals surface area contributed by atoms with Crippen LogP contribution in [0.3, 0.4) is 0 Å². The zero-order valence-corrected chi connectivity index (χ0v) is 23.5. The molecule has 1 amide bonds. The summed E-state index contributed by atoms with van der Waals surface area (Å²) in [6.45, 7) is 10.3. The Balaban J connectivity index is 1.74. The van der Waals surface area contributed by atoms with Crippen molar-refractivity contribution in [1.29, 1.82) is 0 Å². The van der Waals surface area contributed by atoms with Crippen LogP contribution >= 0.6 is 0 Å². The van der Waals surface area contributed by atoms with E-state index >= 15 is 8.78 Å². The SMILES string of the molecule is C=CC(=O)N1CCN2c3nc(=O)n(-c4c(C)ccnc4C(C)C)c4c(F)c(-c5ccccc5O)c(F)c(c34)NCC2C1. The van der Waals surface area contributed by atoms with Crippen LogP contribution in [0.5, 0.6) is 5.75 Å². The first-order valence-corrected chi connectivity index (χ1v) is 13.8. The molecule has 1 atom stereocenters. The van der Waals surface area contributed by atoms with E-state index in [-0.39, 0.29) is 64.7 Å². The number of hydrogen-bond donors (Lipinski definition) is 2. The van der Waals surface area contributed by atoms with Gasteiger partial charge in [-0.15, -0.1) is 0 Å². The highest BCUT2D eigenvalue weighted by Gasteiger charge is 2.38. The number of rotatable bonds is 4. The van der Waals surface area contributed by atoms with E-state index in [1.165, 1.54) is 22.8 Å². The standard InChI is InChI=1S/C31H30F2N6O3/c1-5-21(41)37-12-13-38-18(15-37)14-35-27-23-29(25(33)22(24(27)32)19-8-6-7-9-20(19)40)39(31(42)36-30(23)38)28-17(4)10-11-34-26(28)16(2)3/h5-11,16,18,35,40H,1,12-15H2,2-4H3. The van der Waals surface area contributed by atoms with Crippen LogP contribution in [0, 0.1) is 18.6 Å². The molecular weight excluding hydrogens is 542 g/mol. The number of fused-ring (bicyclic) bond motifs is 2. The first-order chi connectivity index (χ1) is 20.1. The van der Waals surface area contributed by atoms with Crippen LogP contribution < -0.4 is 15.9 Å². The van der Waals surface area contributed by atoms with Gasteiger partial charge < -0.3 is 20.2 Å². The van der Waals surface area contributed by atoms with E-state index in [4.69, 9.17) is 0 Å². The van der Waals surface area contributed by atoms with Gasteiger partial charge in [0.05, 0.1) is 34.1 Å². The second kappa shape index (κ2) is 10.2. The highest BCUT2D eigenvalue weighted by Crippen LogP contribution is 2.45. The third-order valence-electron chi connectivity index (χ3n) is 8.05. The number of hydrogen-bond acceptors (Lipinski definition) is 7. The van der Waals surface area contributed by atoms with Crippen LogP contribution in [0.4, 0.5) is 20.3 Å². The molecule has 216 valence electrons. The number of halogens is 2. The van der Waals surface area contributed by atoms with Gasteiger partial charge in [0, 0.05) is 37.9 Å². The van der Waals surface area contributed by atoms with E-state index in [0.717, 1.165) is 0 Å². The molecule has 0 aliphatic carbocycles. The van der Waals surface area contributed by atoms with Crippen molar-refractivity contribution in [2.45, 2.75) is 32.7 Å². The molecule has 0 saturated carbocycles. The highest BCUT2D eigenvalue weighted by molar-refractivity contribution is 6.05. The highest BCUT2D eigenvalue weighted by atomic mass is 19.1. The topological polar surface area (TPSA) is 104 Å². The molecular formula is C31H30F2N6O3. The summed E-state index contributed by atoms with van der Waals surface area (Å²) in [5.74, 6) is -2.47. The lowest BCUT2D eigenvalue weighted by Gasteiger charge is -2.41. The summed E-state index contributed by atoms with van der Waals surface area (Å²) >= 11 is 0. The van der Waals surface area contributed by atoms with Crippen molar-refractivity contribution in [3.8, 4) is 22.6 Å². The van der Waals surface area contributed by atoms with Crippen LogP contribution in [-0.4, -0.2) is 62.7 Å². The summed E-state index contributed by atoms with van der Waals surface area (Å²) < 4.78 is 34.7. The Morgan fingerprint density at radius 3 is 2.67 bits per heavy atom. The number of piperazine rings is 1. The number of carbonyl (C=O) groups is 1. The maximum absolute atomic E-state index is 17.0. The van der Waals surface area contributed by atoms with Crippen LogP contribution in [0.2, 0.25) is 0 Å². The Bertz CT molecular complexity index is 1840. The maximum atomic E-state index is 17.0. The number of amides is 1. The van der Waals surface area contributed by atoms with Crippen molar-refractivity contribution < 1.29 is 18.7 Å². The van der Waals surface area contributed by atoms with Gasteiger partial charge in [0.2, 0.25) is 5.91 Å². The zero-order valence-electron chi connectivity index (χ0n) is 23.5. The fraction of sp³-hybridized carbons (Fsp3) is 0.290. The Hall–Kier alpha value is -4.80. The monoisotopic (exact) mass is 572 g/mol. The number of aromatic nitrogens is 3. The second-order valence-corrected chi connectivity index (χ2v) is 10.9. The lowest BCUT2D eigenvalue weighted by atomic mass is 9.98. The minimum atomic E-state index is -1.01. The van der Waals surface area contributed by atoms with Gasteiger partial charge in [0.25, 0.3) is 0 Å². The lowest BCUT2D eigenvalue weighted by Crippen LogP contribution is -2.57. The molecule has 0 radical (unpaired) electrons. The molecule has 9 nitrogen and oxygen atoms in total. The molecule has 2 aromatic heterocycles. The molecule has 2 aliphatic rings. The molecule has 2 N–H and O–H groups in total. The fourth-order valence-electron chi connectivity index (χ4n) is 6.04. The van der Waals surface area contributed by atoms with E-state index in [9.17, 15) is 14.7 Å². The summed E-state index contributed by atoms with van der Waals surface area (Å²) in [7, 11) is 0. The van der Waals surface area contributed by atoms with Crippen LogP contribution in [0.25, 0.3) is 27.7 Å². The fourth-order valence-corrected chi connectivity index (χ4v) is 6.04. The first-order valence-electron chi connectivity index (χ1n) is 13.8. The molecule has 1 unspecified atom stereocenters. The molecule has 4 aromatic rings. The van der Waals surface area contributed by atoms with Crippen molar-refractivity contribution in [1.82, 2.24) is 19.4 Å². The van der Waals surface area contributed by atoms with Crippen molar-refractivity contribution in [2.24, 2.45) is 0 Å². The number of phenols is 1. The number of para-hydroxylation sites is 1. The molecule has 1 fully saturated rings. The predicted octanol–water partition coefficient (Wildman–Crippen LogP) is 4.49. The summed E-state index contributed by atoms with van der Waals surface area (Å²) in [6.07, 6.45) is 2.87. The third-order valence-corrected chi connectivity index (χ3v) is 8.05. The number of benzene rings is 2. The van der Waals surface area contributed by atoms with Crippen LogP contribution in [0.1, 0.15) is 31.0 Å². The van der Waals surface area contributed by atoms with E-state index in [2.05, 4.69) is 21.9 Å². The largest absolute Gasteiger partial charge is 0.507 e. The predicted molar refractivity (Wildman–Crippen MR) is 157 cm³/mol. The Labute approximate surface area is 240 Å². The molecule has 0 bridgehead atoms. The molecule has 42 heavy (non-hydrogen) atoms. The van der Waals surface area contributed by atoms with Gasteiger partial charge in [-0.2, -0.15) is 4.98 Å². The third kappa shape index (κ3) is 4.10. The summed E-state index contributed by atoms with van der Waals surface area (Å²) in [4.78, 5) is 38.8. The summed E-state index contributed by atoms with van der Waals surface area (Å²) in [5.41, 5.74) is 0.114. The van der Waals surface area contributed by atoms with E-state index < -0.39 is 22.9 Å². The number of aromatic hydroxyl groups is 1. The average Bonchev–Trinajstić information content (AvgIpc) is 3.13. The Morgan fingerprint density at radius 1 is 1.19 bits per heavy atom. The molecule has 4 heterocycles. The van der Waals surface area contributed by atoms with Crippen molar-refractivity contribution >= 4 is 28.3 Å². The number of pyridine rings is 1. The lowest BCUT2D eigenvalue weighted by molar-refractivity contribution is -0.126. The van der Waals surface area contributed by atoms with E-state index in [0.29, 0.717) is 30.0 Å². The van der Waals surface area contributed by atoms with Crippen molar-refractivity contribution in [2.75, 3.05) is 36.4 Å². The minimum absolute atomic E-state index is 0.0375. The molecule has 11 heteroatoms. The maximum Gasteiger partial charge on any atom is 0.354 e. The molecule has 2 aromatic carbocycles. The van der Waals surface area contributed by atoms with Gasteiger partial charge in [0.1, 0.15) is 17.1 Å². The number of anilines is 2. The summed E-state index contributed by atoms with van der Waals surface area (Å²) in [6, 6.07) is 7.24. The van der Waals surface area contributed by atoms with Gasteiger partial charge in [-0.3, -0.25) is 14.3 Å². The van der Waals surface area contributed by atoms with Crippen molar-refractivity contribution in [3.05, 3.63) is 82.6 Å². The van der Waals surface area contributed by atoms with Crippen molar-refractivity contribution in [3.63, 3.8) is 0 Å². The molecule has 6 rings (SSSR count). The molecule has 1 saturated heterocycles. The van der Waals surface area contributed by atoms with E-state index in [1.54, 1.807) is 36.2 Å². The first kappa shape index (κ1) is 27.4. The van der Waals surface area contributed by atoms with Gasteiger partial charge in [-0.05, 0) is 36.6 Å². The van der Waals surface area contributed by atoms with Gasteiger partial charge in [0.15, 0.2) is 11.6 Å². The molecule has 2 aliphatic heterocycles. The number of nitrogens with one attached hydrogen (secondary N) is 1. The van der Waals surface area contributed by atoms with Crippen LogP contribution in [0.15, 0.2) is 54.0 Å². The number of phenolic OH excluding ortho intramolecular Hbond substituents is 1. The van der Waals surface area contributed by atoms with Crippen LogP contribution in [-0.2, 0) is 4.79 Å². The quantitative estimate of drug-likeness (QED) is 0.348.